The van der Waals surface area contributed by atoms with Gasteiger partial charge in [-0.25, -0.2) is 0 Å². The summed E-state index contributed by atoms with van der Waals surface area (Å²) in [6.07, 6.45) is 5.70. The number of Topliss-reactive ketones (excluding diaryl/α,β-unsaturated/α-hetero) is 1. The molecule has 0 aromatic heterocycles. The highest BCUT2D eigenvalue weighted by Gasteiger charge is 2.16. The number of hydrogen-bond donors (Lipinski definition) is 4. The van der Waals surface area contributed by atoms with Crippen molar-refractivity contribution in [2.45, 2.75) is 45.1 Å². The molecule has 0 heterocycles. The van der Waals surface area contributed by atoms with Crippen LogP contribution in [-0.2, 0) is 4.79 Å². The molecular formula is C13H34N4O+4. The number of rotatable bonds is 13. The first kappa shape index (κ1) is 17.5. The van der Waals surface area contributed by atoms with E-state index in [9.17, 15) is 4.79 Å². The zero-order valence-electron chi connectivity index (χ0n) is 12.1. The Hall–Kier alpha value is -0.490. The summed E-state index contributed by atoms with van der Waals surface area (Å²) in [5, 5.41) is 4.56. The molecule has 0 bridgehead atoms. The van der Waals surface area contributed by atoms with E-state index in [2.05, 4.69) is 22.1 Å². The van der Waals surface area contributed by atoms with Crippen molar-refractivity contribution in [1.29, 1.82) is 0 Å². The predicted molar refractivity (Wildman–Crippen MR) is 71.5 cm³/mol. The Morgan fingerprint density at radius 3 is 2.22 bits per heavy atom. The van der Waals surface area contributed by atoms with E-state index in [4.69, 9.17) is 0 Å². The zero-order valence-corrected chi connectivity index (χ0v) is 12.1. The van der Waals surface area contributed by atoms with Gasteiger partial charge in [-0.2, -0.15) is 0 Å². The van der Waals surface area contributed by atoms with Crippen LogP contribution in [0.1, 0.15) is 39.0 Å². The Balaban J connectivity index is 3.49. The number of unbranched alkanes of at least 4 members (excludes halogenated alkanes) is 1. The molecule has 0 aliphatic heterocycles. The van der Waals surface area contributed by atoms with Crippen molar-refractivity contribution >= 4 is 5.78 Å². The molecule has 5 heteroatoms. The minimum atomic E-state index is 0.177. The molecule has 1 atom stereocenters. The average Bonchev–Trinajstić information content (AvgIpc) is 2.35. The standard InChI is InChI=1S/C13H30N4O/c1-12(18)13(17-11-5-8-15)6-2-3-9-16-10-4-7-14/h13,16-17H,2-11,14-15H2,1H3/p+4. The second-order valence-corrected chi connectivity index (χ2v) is 5.02. The number of ketones is 1. The van der Waals surface area contributed by atoms with Crippen molar-refractivity contribution in [1.82, 2.24) is 0 Å². The highest BCUT2D eigenvalue weighted by molar-refractivity contribution is 5.79. The average molecular weight is 262 g/mol. The zero-order chi connectivity index (χ0) is 13.6. The van der Waals surface area contributed by atoms with E-state index in [0.29, 0.717) is 5.78 Å². The third-order valence-corrected chi connectivity index (χ3v) is 3.26. The minimum Gasteiger partial charge on any atom is -0.357 e. The van der Waals surface area contributed by atoms with Crippen LogP contribution in [0, 0.1) is 0 Å². The summed E-state index contributed by atoms with van der Waals surface area (Å²) in [7, 11) is 0. The molecule has 0 aliphatic carbocycles. The van der Waals surface area contributed by atoms with Crippen molar-refractivity contribution in [2.75, 3.05) is 32.7 Å². The Kier molecular flexibility index (Phi) is 12.6. The monoisotopic (exact) mass is 262 g/mol. The molecule has 0 saturated heterocycles. The van der Waals surface area contributed by atoms with E-state index in [1.165, 1.54) is 25.9 Å². The van der Waals surface area contributed by atoms with Crippen LogP contribution >= 0.6 is 0 Å². The van der Waals surface area contributed by atoms with Gasteiger partial charge in [-0.05, 0) is 12.8 Å². The van der Waals surface area contributed by atoms with Crippen molar-refractivity contribution in [3.63, 3.8) is 0 Å². The second-order valence-electron chi connectivity index (χ2n) is 5.02. The molecule has 10 N–H and O–H groups in total. The van der Waals surface area contributed by atoms with Crippen LogP contribution in [0.3, 0.4) is 0 Å². The topological polar surface area (TPSA) is 106 Å². The SMILES string of the molecule is CC(=O)C(CCCC[NH2+]CCC[NH3+])[NH2+]CCC[NH3+]. The lowest BCUT2D eigenvalue weighted by Crippen LogP contribution is -2.92. The molecule has 0 amide bonds. The number of hydrogen-bond acceptors (Lipinski definition) is 1. The largest absolute Gasteiger partial charge is 0.357 e. The van der Waals surface area contributed by atoms with Crippen LogP contribution in [0.5, 0.6) is 0 Å². The van der Waals surface area contributed by atoms with Crippen molar-refractivity contribution < 1.29 is 26.9 Å². The van der Waals surface area contributed by atoms with Crippen LogP contribution in [0.4, 0.5) is 0 Å². The first-order valence-corrected chi connectivity index (χ1v) is 7.46. The van der Waals surface area contributed by atoms with Gasteiger partial charge in [-0.3, -0.25) is 4.79 Å². The summed E-state index contributed by atoms with van der Waals surface area (Å²) >= 11 is 0. The van der Waals surface area contributed by atoms with Crippen LogP contribution < -0.4 is 22.1 Å². The molecular weight excluding hydrogens is 228 g/mol. The third kappa shape index (κ3) is 10.7. The molecule has 0 aromatic carbocycles. The van der Waals surface area contributed by atoms with Gasteiger partial charge in [0.05, 0.1) is 32.7 Å². The van der Waals surface area contributed by atoms with Gasteiger partial charge < -0.3 is 22.1 Å². The van der Waals surface area contributed by atoms with Gasteiger partial charge in [-0.1, -0.05) is 0 Å². The molecule has 0 spiro atoms. The van der Waals surface area contributed by atoms with E-state index >= 15 is 0 Å². The molecule has 0 fully saturated rings. The quantitative estimate of drug-likeness (QED) is 0.254. The summed E-state index contributed by atoms with van der Waals surface area (Å²) in [5.41, 5.74) is 7.66. The lowest BCUT2D eigenvalue weighted by Gasteiger charge is -2.11. The fourth-order valence-corrected chi connectivity index (χ4v) is 2.04. The molecule has 5 nitrogen and oxygen atoms in total. The van der Waals surface area contributed by atoms with E-state index < -0.39 is 0 Å². The normalized spacial score (nSPS) is 12.6. The lowest BCUT2D eigenvalue weighted by molar-refractivity contribution is -0.679. The van der Waals surface area contributed by atoms with Gasteiger partial charge in [0.15, 0.2) is 5.78 Å². The highest BCUT2D eigenvalue weighted by atomic mass is 16.1. The summed E-state index contributed by atoms with van der Waals surface area (Å²) < 4.78 is 0. The number of quaternary nitrogens is 4. The fourth-order valence-electron chi connectivity index (χ4n) is 2.04. The van der Waals surface area contributed by atoms with Crippen molar-refractivity contribution in [2.24, 2.45) is 0 Å². The maximum atomic E-state index is 11.5. The molecule has 1 unspecified atom stereocenters. The third-order valence-electron chi connectivity index (χ3n) is 3.26. The summed E-state index contributed by atoms with van der Waals surface area (Å²) in [6, 6.07) is 0.177. The van der Waals surface area contributed by atoms with E-state index in [-0.39, 0.29) is 6.04 Å². The number of nitrogens with two attached hydrogens (primary N) is 2. The van der Waals surface area contributed by atoms with Gasteiger partial charge in [0, 0.05) is 26.2 Å². The van der Waals surface area contributed by atoms with Gasteiger partial charge >= 0.3 is 0 Å². The summed E-state index contributed by atoms with van der Waals surface area (Å²) in [6.45, 7) is 7.11. The predicted octanol–water partition coefficient (Wildman–Crippen LogP) is -3.49. The van der Waals surface area contributed by atoms with Gasteiger partial charge in [0.25, 0.3) is 0 Å². The fraction of sp³-hybridized carbons (Fsp3) is 0.923. The molecule has 0 aliphatic rings. The Bertz CT molecular complexity index is 199. The number of carbonyl (C=O) groups excluding carboxylic acids is 1. The molecule has 0 radical (unpaired) electrons. The highest BCUT2D eigenvalue weighted by Crippen LogP contribution is 1.97. The second kappa shape index (κ2) is 13.0. The first-order chi connectivity index (χ1) is 8.72. The number of carbonyl (C=O) groups is 1. The van der Waals surface area contributed by atoms with Gasteiger partial charge in [-0.15, -0.1) is 0 Å². The Morgan fingerprint density at radius 1 is 1.00 bits per heavy atom. The maximum absolute atomic E-state index is 11.5. The Morgan fingerprint density at radius 2 is 1.61 bits per heavy atom. The lowest BCUT2D eigenvalue weighted by atomic mass is 10.1. The van der Waals surface area contributed by atoms with E-state index in [1.807, 2.05) is 0 Å². The molecule has 0 aromatic rings. The first-order valence-electron chi connectivity index (χ1n) is 7.46. The van der Waals surface area contributed by atoms with E-state index in [1.54, 1.807) is 6.92 Å². The minimum absolute atomic E-state index is 0.177. The van der Waals surface area contributed by atoms with Crippen molar-refractivity contribution in [3.8, 4) is 0 Å². The van der Waals surface area contributed by atoms with Gasteiger partial charge in [0.2, 0.25) is 0 Å². The van der Waals surface area contributed by atoms with E-state index in [0.717, 1.165) is 38.9 Å². The Labute approximate surface area is 111 Å². The van der Waals surface area contributed by atoms with Crippen LogP contribution in [0.15, 0.2) is 0 Å². The molecule has 0 saturated carbocycles. The van der Waals surface area contributed by atoms with Crippen LogP contribution in [0.25, 0.3) is 0 Å². The van der Waals surface area contributed by atoms with Crippen LogP contribution in [0.2, 0.25) is 0 Å². The maximum Gasteiger partial charge on any atom is 0.186 e. The van der Waals surface area contributed by atoms with Crippen LogP contribution in [-0.4, -0.2) is 44.5 Å². The molecule has 0 rings (SSSR count). The smallest absolute Gasteiger partial charge is 0.186 e. The van der Waals surface area contributed by atoms with Gasteiger partial charge in [0.1, 0.15) is 6.04 Å². The summed E-state index contributed by atoms with van der Waals surface area (Å²) in [4.78, 5) is 11.5. The molecule has 108 valence electrons. The summed E-state index contributed by atoms with van der Waals surface area (Å²) in [5.74, 6) is 0.320. The molecule has 18 heavy (non-hydrogen) atoms. The van der Waals surface area contributed by atoms with Crippen molar-refractivity contribution in [3.05, 3.63) is 0 Å².